The number of imide groups is 1. The van der Waals surface area contributed by atoms with Crippen molar-refractivity contribution in [2.75, 3.05) is 24.5 Å². The van der Waals surface area contributed by atoms with Crippen LogP contribution in [0.5, 0.6) is 0 Å². The molecule has 2 amide bonds. The van der Waals surface area contributed by atoms with Crippen molar-refractivity contribution < 1.29 is 19.1 Å². The van der Waals surface area contributed by atoms with E-state index in [9.17, 15) is 14.0 Å². The van der Waals surface area contributed by atoms with Crippen LogP contribution in [0.25, 0.3) is 10.6 Å². The fraction of sp³-hybridized carbons (Fsp3) is 0.438. The first-order chi connectivity index (χ1) is 12.5. The van der Waals surface area contributed by atoms with Gasteiger partial charge in [-0.1, -0.05) is 0 Å². The Kier molecular flexibility index (Phi) is 4.27. The van der Waals surface area contributed by atoms with E-state index in [1.54, 1.807) is 12.4 Å². The molecule has 1 saturated heterocycles. The summed E-state index contributed by atoms with van der Waals surface area (Å²) in [4.78, 5) is 39.4. The molecule has 0 aromatic carbocycles. The van der Waals surface area contributed by atoms with E-state index in [4.69, 9.17) is 5.11 Å². The molecule has 4 rings (SSSR count). The predicted molar refractivity (Wildman–Crippen MR) is 92.2 cm³/mol. The Labute approximate surface area is 152 Å². The second kappa shape index (κ2) is 6.60. The Morgan fingerprint density at radius 2 is 2.08 bits per heavy atom. The summed E-state index contributed by atoms with van der Waals surface area (Å²) in [5.41, 5.74) is 1.25. The van der Waals surface area contributed by atoms with E-state index in [1.807, 2.05) is 4.90 Å². The zero-order chi connectivity index (χ0) is 18.3. The number of hydrogen-bond acceptors (Lipinski definition) is 7. The molecule has 2 aliphatic heterocycles. The van der Waals surface area contributed by atoms with Crippen molar-refractivity contribution in [2.24, 2.45) is 0 Å². The molecule has 8 nitrogen and oxygen atoms in total. The van der Waals surface area contributed by atoms with Gasteiger partial charge in [-0.05, 0) is 12.8 Å². The van der Waals surface area contributed by atoms with Crippen LogP contribution in [0.2, 0.25) is 0 Å². The summed E-state index contributed by atoms with van der Waals surface area (Å²) in [7, 11) is 0. The lowest BCUT2D eigenvalue weighted by molar-refractivity contribution is 0.0731. The highest BCUT2D eigenvalue weighted by Gasteiger charge is 2.32. The number of halogens is 1. The van der Waals surface area contributed by atoms with Crippen molar-refractivity contribution >= 4 is 29.3 Å². The van der Waals surface area contributed by atoms with E-state index < -0.39 is 18.2 Å². The first-order valence-electron chi connectivity index (χ1n) is 8.29. The third-order valence-electron chi connectivity index (χ3n) is 4.47. The number of thiazole rings is 1. The molecule has 0 saturated carbocycles. The van der Waals surface area contributed by atoms with E-state index in [-0.39, 0.29) is 6.54 Å². The molecule has 2 aromatic rings. The van der Waals surface area contributed by atoms with Gasteiger partial charge in [0.2, 0.25) is 5.95 Å². The molecule has 10 heteroatoms. The average Bonchev–Trinajstić information content (AvgIpc) is 3.07. The van der Waals surface area contributed by atoms with E-state index in [2.05, 4.69) is 15.0 Å². The summed E-state index contributed by atoms with van der Waals surface area (Å²) < 4.78 is 13.5. The van der Waals surface area contributed by atoms with Gasteiger partial charge in [0.25, 0.3) is 5.91 Å². The van der Waals surface area contributed by atoms with Gasteiger partial charge in [-0.2, -0.15) is 0 Å². The molecule has 136 valence electrons. The molecule has 1 fully saturated rings. The minimum Gasteiger partial charge on any atom is -0.465 e. The number of carbonyl (C=O) groups is 2. The molecule has 2 aromatic heterocycles. The van der Waals surface area contributed by atoms with Gasteiger partial charge in [0.05, 0.1) is 12.2 Å². The van der Waals surface area contributed by atoms with Crippen LogP contribution >= 0.6 is 11.3 Å². The molecule has 0 radical (unpaired) electrons. The third kappa shape index (κ3) is 3.00. The summed E-state index contributed by atoms with van der Waals surface area (Å²) in [6, 6.07) is 0. The van der Waals surface area contributed by atoms with Gasteiger partial charge in [-0.25, -0.2) is 29.0 Å². The fourth-order valence-corrected chi connectivity index (χ4v) is 4.17. The molecule has 0 unspecified atom stereocenters. The first kappa shape index (κ1) is 16.8. The minimum atomic E-state index is -1.25. The summed E-state index contributed by atoms with van der Waals surface area (Å²) in [6.45, 7) is 1.13. The molecule has 4 heterocycles. The van der Waals surface area contributed by atoms with Crippen LogP contribution in [0.4, 0.5) is 15.1 Å². The number of hydrogen-bond donors (Lipinski definition) is 1. The number of carboxylic acid groups (broad SMARTS) is 1. The number of carbonyl (C=O) groups excluding carboxylic acids is 1. The number of nitrogens with zero attached hydrogens (tertiary/aromatic N) is 5. The van der Waals surface area contributed by atoms with Crippen molar-refractivity contribution in [3.63, 3.8) is 0 Å². The summed E-state index contributed by atoms with van der Waals surface area (Å²) >= 11 is 1.14. The van der Waals surface area contributed by atoms with Crippen molar-refractivity contribution in [1.29, 1.82) is 0 Å². The van der Waals surface area contributed by atoms with Gasteiger partial charge < -0.3 is 10.0 Å². The van der Waals surface area contributed by atoms with Crippen LogP contribution < -0.4 is 4.90 Å². The van der Waals surface area contributed by atoms with E-state index in [0.717, 1.165) is 29.2 Å². The van der Waals surface area contributed by atoms with Gasteiger partial charge in [-0.3, -0.25) is 4.79 Å². The molecular formula is C16H16FN5O3S. The molecule has 0 bridgehead atoms. The molecule has 1 N–H and O–H groups in total. The second-order valence-corrected chi connectivity index (χ2v) is 7.24. The fourth-order valence-electron chi connectivity index (χ4n) is 3.14. The average molecular weight is 377 g/mol. The number of fused-ring (bicyclic) bond motifs is 1. The maximum atomic E-state index is 13.5. The quantitative estimate of drug-likeness (QED) is 0.856. The van der Waals surface area contributed by atoms with E-state index in [1.165, 1.54) is 0 Å². The molecular weight excluding hydrogens is 361 g/mol. The monoisotopic (exact) mass is 377 g/mol. The maximum Gasteiger partial charge on any atom is 0.414 e. The van der Waals surface area contributed by atoms with Gasteiger partial charge in [0, 0.05) is 37.5 Å². The van der Waals surface area contributed by atoms with Crippen molar-refractivity contribution in [1.82, 2.24) is 19.9 Å². The zero-order valence-electron chi connectivity index (χ0n) is 13.8. The molecule has 0 spiro atoms. The van der Waals surface area contributed by atoms with Crippen LogP contribution in [0, 0.1) is 0 Å². The summed E-state index contributed by atoms with van der Waals surface area (Å²) in [5, 5.41) is 9.64. The Hall–Kier alpha value is -2.62. The lowest BCUT2D eigenvalue weighted by Gasteiger charge is -2.28. The van der Waals surface area contributed by atoms with Crippen molar-refractivity contribution in [3.8, 4) is 10.6 Å². The molecule has 1 atom stereocenters. The first-order valence-corrected chi connectivity index (χ1v) is 9.10. The Morgan fingerprint density at radius 1 is 1.31 bits per heavy atom. The third-order valence-corrected chi connectivity index (χ3v) is 5.61. The zero-order valence-corrected chi connectivity index (χ0v) is 14.6. The van der Waals surface area contributed by atoms with E-state index in [0.29, 0.717) is 46.5 Å². The Balaban J connectivity index is 1.57. The minimum absolute atomic E-state index is 0.110. The largest absolute Gasteiger partial charge is 0.465 e. The van der Waals surface area contributed by atoms with Crippen LogP contribution in [-0.4, -0.2) is 62.8 Å². The van der Waals surface area contributed by atoms with Crippen molar-refractivity contribution in [2.45, 2.75) is 25.4 Å². The second-order valence-electron chi connectivity index (χ2n) is 6.24. The Morgan fingerprint density at radius 3 is 2.77 bits per heavy atom. The number of aromatic nitrogens is 3. The van der Waals surface area contributed by atoms with Crippen LogP contribution in [0.1, 0.15) is 28.2 Å². The van der Waals surface area contributed by atoms with Gasteiger partial charge in [0.15, 0.2) is 0 Å². The highest BCUT2D eigenvalue weighted by atomic mass is 32.1. The predicted octanol–water partition coefficient (Wildman–Crippen LogP) is 2.21. The topological polar surface area (TPSA) is 99.5 Å². The molecule has 0 aliphatic carbocycles. The number of piperidine rings is 1. The van der Waals surface area contributed by atoms with Gasteiger partial charge in [0.1, 0.15) is 16.1 Å². The van der Waals surface area contributed by atoms with E-state index >= 15 is 0 Å². The standard InChI is InChI=1S/C16H16FN5O3S/c17-10-2-1-4-21(8-10)15-18-6-9(7-19-15)13-20-11-3-5-22(16(24)25)14(23)12(11)26-13/h6-7,10H,1-5,8H2,(H,24,25)/t10-/m1/s1. The number of amides is 2. The van der Waals surface area contributed by atoms with Crippen LogP contribution in [0.3, 0.4) is 0 Å². The molecule has 26 heavy (non-hydrogen) atoms. The normalized spacial score (nSPS) is 20.2. The summed E-state index contributed by atoms with van der Waals surface area (Å²) in [5.74, 6) is -0.0621. The number of rotatable bonds is 2. The van der Waals surface area contributed by atoms with Crippen molar-refractivity contribution in [3.05, 3.63) is 23.0 Å². The highest BCUT2D eigenvalue weighted by Crippen LogP contribution is 2.31. The SMILES string of the molecule is O=C(O)N1CCc2nc(-c3cnc(N4CCC[C@@H](F)C4)nc3)sc2C1=O. The van der Waals surface area contributed by atoms with Crippen LogP contribution in [-0.2, 0) is 6.42 Å². The Bertz CT molecular complexity index is 856. The van der Waals surface area contributed by atoms with Gasteiger partial charge >= 0.3 is 6.09 Å². The lowest BCUT2D eigenvalue weighted by Crippen LogP contribution is -2.40. The molecule has 2 aliphatic rings. The highest BCUT2D eigenvalue weighted by molar-refractivity contribution is 7.17. The number of alkyl halides is 1. The smallest absolute Gasteiger partial charge is 0.414 e. The van der Waals surface area contributed by atoms with Crippen LogP contribution in [0.15, 0.2) is 12.4 Å². The lowest BCUT2D eigenvalue weighted by atomic mass is 10.1. The number of anilines is 1. The van der Waals surface area contributed by atoms with Gasteiger partial charge in [-0.15, -0.1) is 11.3 Å². The summed E-state index contributed by atoms with van der Waals surface area (Å²) in [6.07, 6.45) is 2.84. The maximum absolute atomic E-state index is 13.5.